The molecule has 0 amide bonds. The molecule has 1 atom stereocenters. The van der Waals surface area contributed by atoms with E-state index >= 15 is 0 Å². The van der Waals surface area contributed by atoms with Gasteiger partial charge in [0.25, 0.3) is 0 Å². The third kappa shape index (κ3) is 3.90. The molecule has 0 aliphatic rings. The van der Waals surface area contributed by atoms with Gasteiger partial charge >= 0.3 is 0 Å². The molecular formula is C11H17NO4S. The summed E-state index contributed by atoms with van der Waals surface area (Å²) in [5.74, 6) is 1.10. The van der Waals surface area contributed by atoms with Crippen LogP contribution in [0.4, 0.5) is 0 Å². The number of hydrogen-bond acceptors (Lipinski definition) is 5. The zero-order valence-corrected chi connectivity index (χ0v) is 10.8. The van der Waals surface area contributed by atoms with Crippen LogP contribution in [0.25, 0.3) is 0 Å². The van der Waals surface area contributed by atoms with Gasteiger partial charge in [-0.05, 0) is 24.6 Å². The number of methoxy groups -OCH3 is 1. The van der Waals surface area contributed by atoms with E-state index in [0.717, 1.165) is 0 Å². The van der Waals surface area contributed by atoms with Gasteiger partial charge < -0.3 is 15.2 Å². The first-order valence-electron chi connectivity index (χ1n) is 5.26. The summed E-state index contributed by atoms with van der Waals surface area (Å²) >= 11 is 0. The smallest absolute Gasteiger partial charge is 0.161 e. The molecule has 1 aromatic carbocycles. The van der Waals surface area contributed by atoms with Crippen LogP contribution in [-0.2, 0) is 10.7 Å². The van der Waals surface area contributed by atoms with E-state index in [1.165, 1.54) is 0 Å². The van der Waals surface area contributed by atoms with E-state index in [-0.39, 0.29) is 5.75 Å². The van der Waals surface area contributed by atoms with Crippen molar-refractivity contribution in [2.45, 2.75) is 13.0 Å². The highest BCUT2D eigenvalue weighted by molar-refractivity contribution is 7.72. The molecule has 0 saturated heterocycles. The van der Waals surface area contributed by atoms with Crippen molar-refractivity contribution in [1.82, 2.24) is 0 Å². The Labute approximate surface area is 102 Å². The molecule has 17 heavy (non-hydrogen) atoms. The zero-order chi connectivity index (χ0) is 12.8. The van der Waals surface area contributed by atoms with Gasteiger partial charge in [0.2, 0.25) is 0 Å². The highest BCUT2D eigenvalue weighted by atomic mass is 32.2. The number of benzene rings is 1. The first kappa shape index (κ1) is 13.8. The molecule has 0 radical (unpaired) electrons. The molecule has 2 N–H and O–H groups in total. The van der Waals surface area contributed by atoms with E-state index in [4.69, 9.17) is 15.2 Å². The van der Waals surface area contributed by atoms with Gasteiger partial charge in [-0.1, -0.05) is 6.07 Å². The highest BCUT2D eigenvalue weighted by Gasteiger charge is 2.11. The predicted octanol–water partition coefficient (Wildman–Crippen LogP) is 0.705. The molecule has 0 fully saturated rings. The molecule has 0 bridgehead atoms. The standard InChI is InChI=1S/C11H17NO4S/c1-3-16-11-6-8(4-5-10(11)15-2)9(12)7-17(13)14/h4-6,9,17H,3,7,12H2,1-2H3. The van der Waals surface area contributed by atoms with E-state index in [1.54, 1.807) is 25.3 Å². The molecule has 6 heteroatoms. The summed E-state index contributed by atoms with van der Waals surface area (Å²) in [4.78, 5) is 0. The minimum Gasteiger partial charge on any atom is -0.493 e. The topological polar surface area (TPSA) is 78.6 Å². The molecule has 0 heterocycles. The normalized spacial score (nSPS) is 12.5. The second-order valence-corrected chi connectivity index (χ2v) is 4.50. The Morgan fingerprint density at radius 2 is 2.06 bits per heavy atom. The first-order chi connectivity index (χ1) is 8.08. The van der Waals surface area contributed by atoms with E-state index in [9.17, 15) is 8.42 Å². The molecule has 1 unspecified atom stereocenters. The van der Waals surface area contributed by atoms with E-state index in [2.05, 4.69) is 0 Å². The van der Waals surface area contributed by atoms with Gasteiger partial charge in [0.05, 0.1) is 19.5 Å². The van der Waals surface area contributed by atoms with E-state index in [1.807, 2.05) is 6.92 Å². The fourth-order valence-corrected chi connectivity index (χ4v) is 1.99. The average Bonchev–Trinajstić information content (AvgIpc) is 2.28. The van der Waals surface area contributed by atoms with Crippen molar-refractivity contribution in [3.63, 3.8) is 0 Å². The van der Waals surface area contributed by atoms with Crippen molar-refractivity contribution in [2.75, 3.05) is 19.5 Å². The van der Waals surface area contributed by atoms with Crippen LogP contribution in [0.5, 0.6) is 11.5 Å². The largest absolute Gasteiger partial charge is 0.493 e. The summed E-state index contributed by atoms with van der Waals surface area (Å²) in [5, 5.41) is 0. The predicted molar refractivity (Wildman–Crippen MR) is 66.3 cm³/mol. The van der Waals surface area contributed by atoms with Crippen molar-refractivity contribution in [3.8, 4) is 11.5 Å². The molecule has 0 spiro atoms. The van der Waals surface area contributed by atoms with Crippen LogP contribution in [-0.4, -0.2) is 27.9 Å². The molecule has 0 aliphatic carbocycles. The average molecular weight is 259 g/mol. The zero-order valence-electron chi connectivity index (χ0n) is 9.88. The fourth-order valence-electron chi connectivity index (χ4n) is 1.46. The number of nitrogens with two attached hydrogens (primary N) is 1. The lowest BCUT2D eigenvalue weighted by Gasteiger charge is -2.13. The number of rotatable bonds is 6. The second-order valence-electron chi connectivity index (χ2n) is 3.47. The summed E-state index contributed by atoms with van der Waals surface area (Å²) in [5.41, 5.74) is 6.49. The highest BCUT2D eigenvalue weighted by Crippen LogP contribution is 2.29. The van der Waals surface area contributed by atoms with Crippen molar-refractivity contribution >= 4 is 10.7 Å². The molecule has 1 rings (SSSR count). The summed E-state index contributed by atoms with van der Waals surface area (Å²) in [6.07, 6.45) is 0. The van der Waals surface area contributed by atoms with Gasteiger partial charge in [0, 0.05) is 6.04 Å². The monoisotopic (exact) mass is 259 g/mol. The van der Waals surface area contributed by atoms with Crippen LogP contribution >= 0.6 is 0 Å². The van der Waals surface area contributed by atoms with Gasteiger partial charge in [-0.2, -0.15) is 0 Å². The van der Waals surface area contributed by atoms with Crippen LogP contribution in [0.15, 0.2) is 18.2 Å². The molecule has 1 aromatic rings. The SMILES string of the molecule is CCOc1cc(C(N)C[SH](=O)=O)ccc1OC. The van der Waals surface area contributed by atoms with Crippen LogP contribution in [0.3, 0.4) is 0 Å². The van der Waals surface area contributed by atoms with E-state index in [0.29, 0.717) is 23.7 Å². The summed E-state index contributed by atoms with van der Waals surface area (Å²) < 4.78 is 31.8. The lowest BCUT2D eigenvalue weighted by atomic mass is 10.1. The van der Waals surface area contributed by atoms with Crippen molar-refractivity contribution in [3.05, 3.63) is 23.8 Å². The Bertz CT molecular complexity index is 437. The third-order valence-electron chi connectivity index (χ3n) is 2.26. The molecule has 5 nitrogen and oxygen atoms in total. The van der Waals surface area contributed by atoms with Crippen molar-refractivity contribution in [2.24, 2.45) is 5.73 Å². The minimum absolute atomic E-state index is 0.0762. The number of thiol groups is 1. The molecule has 0 aliphatic heterocycles. The van der Waals surface area contributed by atoms with Gasteiger partial charge in [-0.15, -0.1) is 0 Å². The Kier molecular flexibility index (Phi) is 5.24. The first-order valence-corrected chi connectivity index (χ1v) is 6.62. The van der Waals surface area contributed by atoms with Gasteiger partial charge in [-0.3, -0.25) is 0 Å². The molecular weight excluding hydrogens is 242 g/mol. The lowest BCUT2D eigenvalue weighted by Crippen LogP contribution is -2.16. The van der Waals surface area contributed by atoms with Gasteiger partial charge in [0.15, 0.2) is 11.5 Å². The maximum absolute atomic E-state index is 10.6. The Morgan fingerprint density at radius 1 is 1.35 bits per heavy atom. The Morgan fingerprint density at radius 3 is 2.59 bits per heavy atom. The van der Waals surface area contributed by atoms with Crippen molar-refractivity contribution in [1.29, 1.82) is 0 Å². The Balaban J connectivity index is 2.98. The third-order valence-corrected chi connectivity index (χ3v) is 2.95. The summed E-state index contributed by atoms with van der Waals surface area (Å²) in [7, 11) is -0.942. The fraction of sp³-hybridized carbons (Fsp3) is 0.455. The Hall–Kier alpha value is -1.27. The number of ether oxygens (including phenoxy) is 2. The maximum Gasteiger partial charge on any atom is 0.161 e. The quantitative estimate of drug-likeness (QED) is 0.735. The molecule has 96 valence electrons. The van der Waals surface area contributed by atoms with Crippen molar-refractivity contribution < 1.29 is 17.9 Å². The second kappa shape index (κ2) is 6.46. The van der Waals surface area contributed by atoms with Gasteiger partial charge in [-0.25, -0.2) is 8.42 Å². The van der Waals surface area contributed by atoms with Crippen LogP contribution in [0.1, 0.15) is 18.5 Å². The summed E-state index contributed by atoms with van der Waals surface area (Å²) in [6, 6.07) is 4.63. The summed E-state index contributed by atoms with van der Waals surface area (Å²) in [6.45, 7) is 2.37. The van der Waals surface area contributed by atoms with Gasteiger partial charge in [0.1, 0.15) is 10.7 Å². The maximum atomic E-state index is 10.6. The molecule has 0 saturated carbocycles. The van der Waals surface area contributed by atoms with Crippen LogP contribution < -0.4 is 15.2 Å². The van der Waals surface area contributed by atoms with Crippen LogP contribution in [0, 0.1) is 0 Å². The minimum atomic E-state index is -2.49. The van der Waals surface area contributed by atoms with Crippen LogP contribution in [0.2, 0.25) is 0 Å². The number of hydrogen-bond donors (Lipinski definition) is 2. The lowest BCUT2D eigenvalue weighted by molar-refractivity contribution is 0.310. The van der Waals surface area contributed by atoms with E-state index < -0.39 is 16.7 Å². The molecule has 0 aromatic heterocycles.